The lowest BCUT2D eigenvalue weighted by Gasteiger charge is -2.34. The highest BCUT2D eigenvalue weighted by Gasteiger charge is 2.31. The second-order valence-electron chi connectivity index (χ2n) is 8.93. The Kier molecular flexibility index (Phi) is 8.28. The van der Waals surface area contributed by atoms with Gasteiger partial charge in [0.15, 0.2) is 0 Å². The molecule has 0 aliphatic carbocycles. The average Bonchev–Trinajstić information content (AvgIpc) is 3.15. The molecule has 2 saturated heterocycles. The summed E-state index contributed by atoms with van der Waals surface area (Å²) in [4.78, 5) is 32.0. The second-order valence-corrected chi connectivity index (χ2v) is 8.93. The number of carbonyl (C=O) groups excluding carboxylic acids is 2. The van der Waals surface area contributed by atoms with Gasteiger partial charge in [-0.25, -0.2) is 0 Å². The van der Waals surface area contributed by atoms with Crippen molar-refractivity contribution in [2.75, 3.05) is 57.9 Å². The largest absolute Gasteiger partial charge is 0.497 e. The zero-order valence-electron chi connectivity index (χ0n) is 20.0. The molecule has 0 unspecified atom stereocenters. The molecule has 0 atom stereocenters. The summed E-state index contributed by atoms with van der Waals surface area (Å²) in [6, 6.07) is 17.7. The van der Waals surface area contributed by atoms with Crippen LogP contribution in [0.2, 0.25) is 0 Å². The number of ether oxygens (including phenoxy) is 2. The average molecular weight is 466 g/mol. The fourth-order valence-corrected chi connectivity index (χ4v) is 4.75. The van der Waals surface area contributed by atoms with Gasteiger partial charge >= 0.3 is 0 Å². The van der Waals surface area contributed by atoms with Crippen molar-refractivity contribution in [3.63, 3.8) is 0 Å². The molecule has 0 saturated carbocycles. The molecule has 2 heterocycles. The highest BCUT2D eigenvalue weighted by Crippen LogP contribution is 2.24. The third-order valence-corrected chi connectivity index (χ3v) is 6.77. The Bertz CT molecular complexity index is 927. The maximum atomic E-state index is 13.2. The molecule has 2 aliphatic rings. The van der Waals surface area contributed by atoms with Gasteiger partial charge in [0.05, 0.1) is 20.1 Å². The lowest BCUT2D eigenvalue weighted by Crippen LogP contribution is -2.45. The first kappa shape index (κ1) is 23.9. The van der Waals surface area contributed by atoms with E-state index in [9.17, 15) is 9.59 Å². The van der Waals surface area contributed by atoms with Crippen LogP contribution in [-0.2, 0) is 9.59 Å². The van der Waals surface area contributed by atoms with Crippen molar-refractivity contribution in [3.8, 4) is 11.5 Å². The number of para-hydroxylation sites is 1. The van der Waals surface area contributed by atoms with Crippen molar-refractivity contribution >= 4 is 17.5 Å². The molecule has 2 aromatic carbocycles. The Hall–Kier alpha value is -3.22. The zero-order valence-corrected chi connectivity index (χ0v) is 20.0. The van der Waals surface area contributed by atoms with E-state index in [-0.39, 0.29) is 17.7 Å². The number of piperidine rings is 1. The van der Waals surface area contributed by atoms with Crippen molar-refractivity contribution in [3.05, 3.63) is 54.6 Å². The maximum Gasteiger partial charge on any atom is 0.225 e. The fraction of sp³-hybridized carbons (Fsp3) is 0.481. The number of methoxy groups -OCH3 is 1. The molecule has 0 bridgehead atoms. The van der Waals surface area contributed by atoms with Gasteiger partial charge < -0.3 is 24.2 Å². The molecule has 2 fully saturated rings. The smallest absolute Gasteiger partial charge is 0.225 e. The van der Waals surface area contributed by atoms with Gasteiger partial charge in [-0.05, 0) is 55.7 Å². The number of benzene rings is 2. The van der Waals surface area contributed by atoms with Gasteiger partial charge in [0.1, 0.15) is 11.5 Å². The van der Waals surface area contributed by atoms with Crippen LogP contribution in [0.25, 0.3) is 0 Å². The quantitative estimate of drug-likeness (QED) is 0.627. The first-order valence-electron chi connectivity index (χ1n) is 12.3. The Morgan fingerprint density at radius 1 is 0.824 bits per heavy atom. The van der Waals surface area contributed by atoms with Crippen LogP contribution in [0.5, 0.6) is 11.5 Å². The molecule has 0 radical (unpaired) electrons. The molecule has 2 aromatic rings. The van der Waals surface area contributed by atoms with E-state index in [1.165, 1.54) is 0 Å². The summed E-state index contributed by atoms with van der Waals surface area (Å²) < 4.78 is 10.9. The summed E-state index contributed by atoms with van der Waals surface area (Å²) >= 11 is 0. The van der Waals surface area contributed by atoms with Crippen LogP contribution in [0.4, 0.5) is 5.69 Å². The standard InChI is InChI=1S/C27H35N3O4/c1-33-24-10-8-23(9-11-24)28-15-5-16-30(20-19-28)27(32)22-12-17-29(18-13-22)26(31)14-21-34-25-6-3-2-4-7-25/h2-4,6-11,22H,5,12-21H2,1H3. The van der Waals surface area contributed by atoms with Crippen LogP contribution in [0.3, 0.4) is 0 Å². The Balaban J connectivity index is 1.20. The number of likely N-dealkylation sites (tertiary alicyclic amines) is 1. The minimum atomic E-state index is 0.0113. The number of nitrogens with zero attached hydrogens (tertiary/aromatic N) is 3. The summed E-state index contributed by atoms with van der Waals surface area (Å²) in [6.07, 6.45) is 2.79. The molecule has 182 valence electrons. The minimum absolute atomic E-state index is 0.0113. The molecule has 2 amide bonds. The monoisotopic (exact) mass is 465 g/mol. The van der Waals surface area contributed by atoms with Crippen molar-refractivity contribution in [2.24, 2.45) is 5.92 Å². The Labute approximate surface area is 202 Å². The van der Waals surface area contributed by atoms with Gasteiger partial charge in [0.2, 0.25) is 11.8 Å². The summed E-state index contributed by atoms with van der Waals surface area (Å²) in [7, 11) is 1.67. The number of rotatable bonds is 7. The van der Waals surface area contributed by atoms with E-state index in [1.54, 1.807) is 7.11 Å². The molecule has 34 heavy (non-hydrogen) atoms. The molecule has 0 aromatic heterocycles. The van der Waals surface area contributed by atoms with Crippen LogP contribution < -0.4 is 14.4 Å². The highest BCUT2D eigenvalue weighted by molar-refractivity contribution is 5.80. The molecule has 0 N–H and O–H groups in total. The number of amides is 2. The van der Waals surface area contributed by atoms with Gasteiger partial charge in [0, 0.05) is 50.9 Å². The van der Waals surface area contributed by atoms with Crippen LogP contribution in [0.15, 0.2) is 54.6 Å². The van der Waals surface area contributed by atoms with Crippen molar-refractivity contribution in [1.29, 1.82) is 0 Å². The number of anilines is 1. The van der Waals surface area contributed by atoms with E-state index in [0.717, 1.165) is 62.6 Å². The van der Waals surface area contributed by atoms with Crippen LogP contribution >= 0.6 is 0 Å². The molecule has 2 aliphatic heterocycles. The van der Waals surface area contributed by atoms with Gasteiger partial charge in [-0.3, -0.25) is 9.59 Å². The van der Waals surface area contributed by atoms with Gasteiger partial charge in [0.25, 0.3) is 0 Å². The topological polar surface area (TPSA) is 62.3 Å². The summed E-state index contributed by atoms with van der Waals surface area (Å²) in [6.45, 7) is 4.96. The summed E-state index contributed by atoms with van der Waals surface area (Å²) in [5.41, 5.74) is 1.16. The van der Waals surface area contributed by atoms with E-state index in [2.05, 4.69) is 17.0 Å². The summed E-state index contributed by atoms with van der Waals surface area (Å²) in [5, 5.41) is 0. The van der Waals surface area contributed by atoms with E-state index in [0.29, 0.717) is 26.1 Å². The molecule has 4 rings (SSSR count). The maximum absolute atomic E-state index is 13.2. The lowest BCUT2D eigenvalue weighted by molar-refractivity contribution is -0.140. The molecule has 0 spiro atoms. The predicted octanol–water partition coefficient (Wildman–Crippen LogP) is 3.44. The first-order valence-corrected chi connectivity index (χ1v) is 12.3. The Morgan fingerprint density at radius 2 is 1.56 bits per heavy atom. The molecular weight excluding hydrogens is 430 g/mol. The summed E-state index contributed by atoms with van der Waals surface area (Å²) in [5.74, 6) is 1.99. The van der Waals surface area contributed by atoms with Gasteiger partial charge in [-0.1, -0.05) is 18.2 Å². The molecule has 7 heteroatoms. The van der Waals surface area contributed by atoms with Crippen molar-refractivity contribution in [2.45, 2.75) is 25.7 Å². The van der Waals surface area contributed by atoms with Crippen LogP contribution in [-0.4, -0.2) is 74.6 Å². The third-order valence-electron chi connectivity index (χ3n) is 6.77. The first-order chi connectivity index (χ1) is 16.6. The highest BCUT2D eigenvalue weighted by atomic mass is 16.5. The molecule has 7 nitrogen and oxygen atoms in total. The van der Waals surface area contributed by atoms with E-state index in [1.807, 2.05) is 52.3 Å². The van der Waals surface area contributed by atoms with E-state index in [4.69, 9.17) is 9.47 Å². The second kappa shape index (κ2) is 11.8. The SMILES string of the molecule is COc1ccc(N2CCCN(C(=O)C3CCN(C(=O)CCOc4ccccc4)CC3)CC2)cc1. The van der Waals surface area contributed by atoms with Crippen molar-refractivity contribution in [1.82, 2.24) is 9.80 Å². The van der Waals surface area contributed by atoms with Gasteiger partial charge in [-0.2, -0.15) is 0 Å². The third kappa shape index (κ3) is 6.22. The Morgan fingerprint density at radius 3 is 2.26 bits per heavy atom. The van der Waals surface area contributed by atoms with E-state index < -0.39 is 0 Å². The van der Waals surface area contributed by atoms with Gasteiger partial charge in [-0.15, -0.1) is 0 Å². The van der Waals surface area contributed by atoms with Crippen LogP contribution in [0, 0.1) is 5.92 Å². The zero-order chi connectivity index (χ0) is 23.8. The lowest BCUT2D eigenvalue weighted by atomic mass is 9.95. The predicted molar refractivity (Wildman–Crippen MR) is 132 cm³/mol. The number of hydrogen-bond acceptors (Lipinski definition) is 5. The fourth-order valence-electron chi connectivity index (χ4n) is 4.75. The molecular formula is C27H35N3O4. The van der Waals surface area contributed by atoms with Crippen molar-refractivity contribution < 1.29 is 19.1 Å². The minimum Gasteiger partial charge on any atom is -0.497 e. The van der Waals surface area contributed by atoms with E-state index >= 15 is 0 Å². The normalized spacial score (nSPS) is 17.3. The van der Waals surface area contributed by atoms with Crippen LogP contribution in [0.1, 0.15) is 25.7 Å². The number of hydrogen-bond donors (Lipinski definition) is 0. The number of carbonyl (C=O) groups is 2.